The molecule has 8 nitrogen and oxygen atoms in total. The quantitative estimate of drug-likeness (QED) is 0.275. The van der Waals surface area contributed by atoms with Crippen molar-refractivity contribution in [1.82, 2.24) is 5.06 Å². The molecule has 0 aliphatic carbocycles. The van der Waals surface area contributed by atoms with Crippen molar-refractivity contribution in [3.8, 4) is 5.75 Å². The van der Waals surface area contributed by atoms with E-state index in [1.54, 1.807) is 59.5 Å². The van der Waals surface area contributed by atoms with Crippen LogP contribution in [-0.4, -0.2) is 48.1 Å². The second kappa shape index (κ2) is 9.55. The van der Waals surface area contributed by atoms with Gasteiger partial charge in [0.05, 0.1) is 36.7 Å². The van der Waals surface area contributed by atoms with Crippen LogP contribution in [-0.2, 0) is 25.8 Å². The first kappa shape index (κ1) is 24.1. The van der Waals surface area contributed by atoms with E-state index in [9.17, 15) is 14.4 Å². The summed E-state index contributed by atoms with van der Waals surface area (Å²) in [5.41, 5.74) is 2.15. The molecule has 0 aromatic heterocycles. The third kappa shape index (κ3) is 3.72. The normalized spacial score (nSPS) is 26.9. The molecule has 0 bridgehead atoms. The van der Waals surface area contributed by atoms with Gasteiger partial charge in [-0.25, -0.2) is 4.90 Å². The van der Waals surface area contributed by atoms with Crippen molar-refractivity contribution in [1.29, 1.82) is 0 Å². The highest BCUT2D eigenvalue weighted by atomic mass is 16.7. The van der Waals surface area contributed by atoms with Crippen molar-refractivity contribution in [2.45, 2.75) is 24.7 Å². The Balaban J connectivity index is 1.41. The number of imide groups is 1. The average Bonchev–Trinajstić information content (AvgIpc) is 3.42. The van der Waals surface area contributed by atoms with E-state index in [4.69, 9.17) is 9.57 Å². The number of para-hydroxylation sites is 1. The lowest BCUT2D eigenvalue weighted by atomic mass is 9.76. The molecule has 8 heteroatoms. The van der Waals surface area contributed by atoms with Gasteiger partial charge in [0, 0.05) is 12.2 Å². The molecular weight excluding hydrogens is 482 g/mol. The van der Waals surface area contributed by atoms with Gasteiger partial charge in [0.1, 0.15) is 5.75 Å². The molecule has 3 aliphatic heterocycles. The molecule has 3 amide bonds. The highest BCUT2D eigenvalue weighted by molar-refractivity contribution is 6.23. The van der Waals surface area contributed by atoms with Gasteiger partial charge in [-0.05, 0) is 42.0 Å². The third-order valence-corrected chi connectivity index (χ3v) is 7.58. The Labute approximate surface area is 220 Å². The van der Waals surface area contributed by atoms with Gasteiger partial charge < -0.3 is 9.64 Å². The number of carbonyl (C=O) groups excluding carboxylic acids is 3. The summed E-state index contributed by atoms with van der Waals surface area (Å²) < 4.78 is 5.28. The van der Waals surface area contributed by atoms with Gasteiger partial charge in [0.2, 0.25) is 11.8 Å². The Morgan fingerprint density at radius 2 is 1.47 bits per heavy atom. The number of hydrogen-bond donors (Lipinski definition) is 0. The monoisotopic (exact) mass is 509 g/mol. The van der Waals surface area contributed by atoms with E-state index < -0.39 is 35.9 Å². The number of carbonyl (C=O) groups is 3. The largest absolute Gasteiger partial charge is 0.497 e. The van der Waals surface area contributed by atoms with E-state index in [0.717, 1.165) is 5.56 Å². The minimum atomic E-state index is -0.977. The van der Waals surface area contributed by atoms with Gasteiger partial charge in [-0.15, -0.1) is 6.58 Å². The zero-order valence-electron chi connectivity index (χ0n) is 20.8. The van der Waals surface area contributed by atoms with Gasteiger partial charge in [-0.2, -0.15) is 5.06 Å². The van der Waals surface area contributed by atoms with E-state index in [1.807, 2.05) is 48.5 Å². The zero-order chi connectivity index (χ0) is 26.4. The van der Waals surface area contributed by atoms with Gasteiger partial charge in [-0.3, -0.25) is 19.2 Å². The molecule has 0 N–H and O–H groups in total. The SMILES string of the molecule is C=C[C@@H]1C(=O)N(c2ccc(OC)cc2)[C@@H]1[C@@H]1[C@H]2C(=O)N(c3ccccc3)C(=O)[C@H]2ON1Cc1ccccc1. The summed E-state index contributed by atoms with van der Waals surface area (Å²) in [6.07, 6.45) is 0.646. The van der Waals surface area contributed by atoms with Gasteiger partial charge in [-0.1, -0.05) is 54.6 Å². The van der Waals surface area contributed by atoms with Crippen LogP contribution < -0.4 is 14.5 Å². The maximum atomic E-state index is 13.9. The Morgan fingerprint density at radius 1 is 0.816 bits per heavy atom. The van der Waals surface area contributed by atoms with E-state index >= 15 is 0 Å². The molecule has 6 rings (SSSR count). The maximum Gasteiger partial charge on any atom is 0.265 e. The van der Waals surface area contributed by atoms with Crippen molar-refractivity contribution < 1.29 is 24.0 Å². The summed E-state index contributed by atoms with van der Waals surface area (Å²) >= 11 is 0. The van der Waals surface area contributed by atoms with E-state index in [2.05, 4.69) is 6.58 Å². The summed E-state index contributed by atoms with van der Waals surface area (Å²) in [6, 6.07) is 24.8. The fourth-order valence-corrected chi connectivity index (χ4v) is 5.80. The molecule has 3 aliphatic rings. The fraction of sp³-hybridized carbons (Fsp3) is 0.233. The number of benzene rings is 3. The molecule has 0 saturated carbocycles. The van der Waals surface area contributed by atoms with Crippen molar-refractivity contribution >= 4 is 29.1 Å². The van der Waals surface area contributed by atoms with Crippen LogP contribution in [0, 0.1) is 11.8 Å². The number of ether oxygens (including phenoxy) is 1. The lowest BCUT2D eigenvalue weighted by Crippen LogP contribution is -2.69. The first-order chi connectivity index (χ1) is 18.5. The average molecular weight is 510 g/mol. The number of amides is 3. The van der Waals surface area contributed by atoms with Crippen LogP contribution >= 0.6 is 0 Å². The van der Waals surface area contributed by atoms with Crippen LogP contribution in [0.3, 0.4) is 0 Å². The number of rotatable bonds is 7. The van der Waals surface area contributed by atoms with Gasteiger partial charge in [0.15, 0.2) is 6.10 Å². The van der Waals surface area contributed by atoms with Crippen LogP contribution in [0.5, 0.6) is 5.75 Å². The lowest BCUT2D eigenvalue weighted by Gasteiger charge is -2.51. The number of methoxy groups -OCH3 is 1. The third-order valence-electron chi connectivity index (χ3n) is 7.58. The Hall–Kier alpha value is -4.27. The smallest absolute Gasteiger partial charge is 0.265 e. The van der Waals surface area contributed by atoms with Crippen molar-refractivity contribution in [2.75, 3.05) is 16.9 Å². The van der Waals surface area contributed by atoms with Crippen molar-refractivity contribution in [2.24, 2.45) is 11.8 Å². The van der Waals surface area contributed by atoms with Crippen molar-refractivity contribution in [3.05, 3.63) is 103 Å². The molecule has 0 unspecified atom stereocenters. The zero-order valence-corrected chi connectivity index (χ0v) is 20.8. The molecule has 38 heavy (non-hydrogen) atoms. The van der Waals surface area contributed by atoms with Crippen LogP contribution in [0.25, 0.3) is 0 Å². The van der Waals surface area contributed by atoms with Crippen LogP contribution in [0.1, 0.15) is 5.56 Å². The van der Waals surface area contributed by atoms with Crippen LogP contribution in [0.4, 0.5) is 11.4 Å². The van der Waals surface area contributed by atoms with Gasteiger partial charge in [0.25, 0.3) is 5.91 Å². The summed E-state index contributed by atoms with van der Waals surface area (Å²) in [7, 11) is 1.58. The number of fused-ring (bicyclic) bond motifs is 1. The number of hydroxylamine groups is 2. The lowest BCUT2D eigenvalue weighted by molar-refractivity contribution is -0.182. The minimum absolute atomic E-state index is 0.116. The van der Waals surface area contributed by atoms with E-state index in [0.29, 0.717) is 23.7 Å². The fourth-order valence-electron chi connectivity index (χ4n) is 5.80. The standard InChI is InChI=1S/C30H27N3O5/c1-3-23-25(32(28(23)34)21-14-16-22(37-2)17-15-21)26-24-27(38-31(26)18-19-10-6-4-7-11-19)30(36)33(29(24)35)20-12-8-5-9-13-20/h3-17,23-27H,1,18H2,2H3/t23-,24+,25-,26-,27-/m0/s1. The molecular formula is C30H27N3O5. The highest BCUT2D eigenvalue weighted by Gasteiger charge is 2.66. The number of anilines is 2. The van der Waals surface area contributed by atoms with E-state index in [1.165, 1.54) is 4.90 Å². The number of hydrogen-bond acceptors (Lipinski definition) is 6. The summed E-state index contributed by atoms with van der Waals surface area (Å²) in [4.78, 5) is 49.9. The second-order valence-corrected chi connectivity index (χ2v) is 9.61. The highest BCUT2D eigenvalue weighted by Crippen LogP contribution is 2.47. The maximum absolute atomic E-state index is 13.9. The Bertz CT molecular complexity index is 1380. The predicted molar refractivity (Wildman–Crippen MR) is 141 cm³/mol. The topological polar surface area (TPSA) is 79.4 Å². The van der Waals surface area contributed by atoms with Crippen LogP contribution in [0.15, 0.2) is 97.6 Å². The predicted octanol–water partition coefficient (Wildman–Crippen LogP) is 3.59. The number of β-lactam (4-membered cyclic amide) rings is 1. The first-order valence-electron chi connectivity index (χ1n) is 12.5. The number of nitrogens with zero attached hydrogens (tertiary/aromatic N) is 3. The Kier molecular flexibility index (Phi) is 6.06. The molecule has 192 valence electrons. The van der Waals surface area contributed by atoms with E-state index in [-0.39, 0.29) is 11.8 Å². The molecule has 3 saturated heterocycles. The molecule has 3 fully saturated rings. The first-order valence-corrected chi connectivity index (χ1v) is 12.5. The molecule has 0 radical (unpaired) electrons. The summed E-state index contributed by atoms with van der Waals surface area (Å²) in [5, 5.41) is 1.72. The molecule has 3 aromatic carbocycles. The molecule has 3 heterocycles. The van der Waals surface area contributed by atoms with Gasteiger partial charge >= 0.3 is 0 Å². The summed E-state index contributed by atoms with van der Waals surface area (Å²) in [6.45, 7) is 4.27. The molecule has 0 spiro atoms. The second-order valence-electron chi connectivity index (χ2n) is 9.61. The Morgan fingerprint density at radius 3 is 2.11 bits per heavy atom. The summed E-state index contributed by atoms with van der Waals surface area (Å²) in [5.74, 6) is -1.49. The minimum Gasteiger partial charge on any atom is -0.497 e. The van der Waals surface area contributed by atoms with Crippen molar-refractivity contribution in [3.63, 3.8) is 0 Å². The molecule has 5 atom stereocenters. The van der Waals surface area contributed by atoms with Crippen LogP contribution in [0.2, 0.25) is 0 Å². The molecule has 3 aromatic rings.